The molecule has 1 amide bonds. The summed E-state index contributed by atoms with van der Waals surface area (Å²) in [5, 5.41) is 3.27. The van der Waals surface area contributed by atoms with Crippen molar-refractivity contribution < 1.29 is 9.63 Å². The lowest BCUT2D eigenvalue weighted by molar-refractivity contribution is -0.144. The van der Waals surface area contributed by atoms with Gasteiger partial charge in [-0.3, -0.25) is 9.63 Å². The zero-order chi connectivity index (χ0) is 11.2. The van der Waals surface area contributed by atoms with Crippen molar-refractivity contribution in [2.24, 2.45) is 5.92 Å². The monoisotopic (exact) mass is 226 g/mol. The summed E-state index contributed by atoms with van der Waals surface area (Å²) in [6.07, 6.45) is 7.89. The highest BCUT2D eigenvalue weighted by Gasteiger charge is 2.22. The molecule has 1 saturated carbocycles. The molecule has 0 radical (unpaired) electrons. The van der Waals surface area contributed by atoms with E-state index in [9.17, 15) is 4.79 Å². The van der Waals surface area contributed by atoms with E-state index in [2.05, 4.69) is 10.8 Å². The fourth-order valence-electron chi connectivity index (χ4n) is 2.50. The van der Waals surface area contributed by atoms with E-state index >= 15 is 0 Å². The second-order valence-corrected chi connectivity index (χ2v) is 4.87. The van der Waals surface area contributed by atoms with Gasteiger partial charge >= 0.3 is 0 Å². The summed E-state index contributed by atoms with van der Waals surface area (Å²) in [5.41, 5.74) is 2.66. The van der Waals surface area contributed by atoms with Gasteiger partial charge in [0.2, 0.25) is 5.91 Å². The Kier molecular flexibility index (Phi) is 4.60. The van der Waals surface area contributed by atoms with Gasteiger partial charge in [-0.05, 0) is 38.8 Å². The Balaban J connectivity index is 1.65. The quantitative estimate of drug-likeness (QED) is 0.715. The number of nitrogens with one attached hydrogen (secondary N) is 2. The summed E-state index contributed by atoms with van der Waals surface area (Å²) in [6, 6.07) is 0. The first-order valence-electron chi connectivity index (χ1n) is 6.52. The highest BCUT2D eigenvalue weighted by molar-refractivity contribution is 5.77. The molecular weight excluding hydrogens is 204 g/mol. The summed E-state index contributed by atoms with van der Waals surface area (Å²) in [7, 11) is 0. The van der Waals surface area contributed by atoms with Crippen molar-refractivity contribution in [1.29, 1.82) is 0 Å². The number of hydrogen-bond donors (Lipinski definition) is 2. The van der Waals surface area contributed by atoms with Crippen LogP contribution >= 0.6 is 0 Å². The average Bonchev–Trinajstić information content (AvgIpc) is 2.38. The molecule has 1 heterocycles. The molecule has 0 aromatic rings. The topological polar surface area (TPSA) is 50.4 Å². The summed E-state index contributed by atoms with van der Waals surface area (Å²) in [4.78, 5) is 17.2. The van der Waals surface area contributed by atoms with Crippen LogP contribution in [0.1, 0.15) is 44.9 Å². The lowest BCUT2D eigenvalue weighted by Crippen LogP contribution is -2.39. The van der Waals surface area contributed by atoms with Crippen LogP contribution in [0.15, 0.2) is 0 Å². The molecule has 0 aromatic carbocycles. The van der Waals surface area contributed by atoms with Gasteiger partial charge in [-0.1, -0.05) is 19.3 Å². The molecule has 0 aromatic heterocycles. The number of amides is 1. The first kappa shape index (κ1) is 11.9. The fourth-order valence-corrected chi connectivity index (χ4v) is 2.50. The van der Waals surface area contributed by atoms with E-state index < -0.39 is 0 Å². The van der Waals surface area contributed by atoms with E-state index in [0.29, 0.717) is 0 Å². The van der Waals surface area contributed by atoms with Gasteiger partial charge < -0.3 is 5.32 Å². The molecule has 1 aliphatic carbocycles. The van der Waals surface area contributed by atoms with E-state index in [1.165, 1.54) is 19.3 Å². The van der Waals surface area contributed by atoms with Crippen LogP contribution in [-0.4, -0.2) is 25.1 Å². The van der Waals surface area contributed by atoms with Crippen molar-refractivity contribution in [3.63, 3.8) is 0 Å². The fraction of sp³-hybridized carbons (Fsp3) is 0.917. The van der Waals surface area contributed by atoms with Gasteiger partial charge in [0.05, 0.1) is 6.10 Å². The van der Waals surface area contributed by atoms with Crippen molar-refractivity contribution >= 4 is 5.91 Å². The predicted molar refractivity (Wildman–Crippen MR) is 61.7 cm³/mol. The standard InChI is InChI=1S/C12H22N2O2/c15-12(10-4-2-1-3-5-10)14-16-11-6-8-13-9-7-11/h10-11,13H,1-9H2,(H,14,15). The Labute approximate surface area is 97.1 Å². The van der Waals surface area contributed by atoms with E-state index in [1.54, 1.807) is 0 Å². The number of carbonyl (C=O) groups is 1. The van der Waals surface area contributed by atoms with Crippen LogP contribution in [0.5, 0.6) is 0 Å². The van der Waals surface area contributed by atoms with Gasteiger partial charge in [0.25, 0.3) is 0 Å². The third-order valence-corrected chi connectivity index (χ3v) is 3.59. The van der Waals surface area contributed by atoms with Crippen molar-refractivity contribution in [3.8, 4) is 0 Å². The Bertz CT molecular complexity index is 221. The molecule has 4 nitrogen and oxygen atoms in total. The molecule has 2 N–H and O–H groups in total. The maximum atomic E-state index is 11.8. The van der Waals surface area contributed by atoms with E-state index in [4.69, 9.17) is 4.84 Å². The maximum absolute atomic E-state index is 11.8. The van der Waals surface area contributed by atoms with E-state index in [0.717, 1.165) is 38.8 Å². The zero-order valence-electron chi connectivity index (χ0n) is 9.84. The molecule has 0 bridgehead atoms. The molecule has 1 saturated heterocycles. The van der Waals surface area contributed by atoms with Crippen LogP contribution in [0.3, 0.4) is 0 Å². The molecule has 0 unspecified atom stereocenters. The van der Waals surface area contributed by atoms with Gasteiger partial charge in [-0.25, -0.2) is 5.48 Å². The molecule has 2 rings (SSSR count). The molecule has 1 aliphatic heterocycles. The van der Waals surface area contributed by atoms with Gasteiger partial charge in [0.1, 0.15) is 0 Å². The van der Waals surface area contributed by atoms with Crippen LogP contribution in [0, 0.1) is 5.92 Å². The second kappa shape index (κ2) is 6.21. The molecule has 2 aliphatic rings. The van der Waals surface area contributed by atoms with Crippen LogP contribution in [-0.2, 0) is 9.63 Å². The highest BCUT2D eigenvalue weighted by Crippen LogP contribution is 2.23. The molecule has 92 valence electrons. The first-order valence-corrected chi connectivity index (χ1v) is 6.52. The lowest BCUT2D eigenvalue weighted by Gasteiger charge is -2.25. The molecular formula is C12H22N2O2. The van der Waals surface area contributed by atoms with Crippen LogP contribution < -0.4 is 10.8 Å². The maximum Gasteiger partial charge on any atom is 0.246 e. The number of rotatable bonds is 3. The van der Waals surface area contributed by atoms with Crippen LogP contribution in [0.2, 0.25) is 0 Å². The third-order valence-electron chi connectivity index (χ3n) is 3.59. The van der Waals surface area contributed by atoms with Gasteiger partial charge in [0.15, 0.2) is 0 Å². The largest absolute Gasteiger partial charge is 0.317 e. The van der Waals surface area contributed by atoms with Crippen molar-refractivity contribution in [3.05, 3.63) is 0 Å². The third kappa shape index (κ3) is 3.46. The Hall–Kier alpha value is -0.610. The molecule has 0 spiro atoms. The van der Waals surface area contributed by atoms with Gasteiger partial charge in [-0.2, -0.15) is 0 Å². The van der Waals surface area contributed by atoms with E-state index in [-0.39, 0.29) is 17.9 Å². The van der Waals surface area contributed by atoms with Crippen molar-refractivity contribution in [1.82, 2.24) is 10.8 Å². The smallest absolute Gasteiger partial charge is 0.246 e. The average molecular weight is 226 g/mol. The van der Waals surface area contributed by atoms with Crippen molar-refractivity contribution in [2.75, 3.05) is 13.1 Å². The second-order valence-electron chi connectivity index (χ2n) is 4.87. The summed E-state index contributed by atoms with van der Waals surface area (Å²) in [6.45, 7) is 1.98. The zero-order valence-corrected chi connectivity index (χ0v) is 9.84. The normalized spacial score (nSPS) is 24.2. The molecule has 2 fully saturated rings. The van der Waals surface area contributed by atoms with Crippen LogP contribution in [0.25, 0.3) is 0 Å². The Morgan fingerprint density at radius 2 is 1.75 bits per heavy atom. The summed E-state index contributed by atoms with van der Waals surface area (Å²) < 4.78 is 0. The Morgan fingerprint density at radius 1 is 1.06 bits per heavy atom. The van der Waals surface area contributed by atoms with Crippen molar-refractivity contribution in [2.45, 2.75) is 51.0 Å². The number of hydroxylamine groups is 1. The number of carbonyl (C=O) groups excluding carboxylic acids is 1. The molecule has 4 heteroatoms. The number of hydrogen-bond acceptors (Lipinski definition) is 3. The van der Waals surface area contributed by atoms with E-state index in [1.807, 2.05) is 0 Å². The first-order chi connectivity index (χ1) is 7.86. The molecule has 0 atom stereocenters. The predicted octanol–water partition coefficient (Wildman–Crippen LogP) is 1.37. The highest BCUT2D eigenvalue weighted by atomic mass is 16.7. The SMILES string of the molecule is O=C(NOC1CCNCC1)C1CCCCC1. The van der Waals surface area contributed by atoms with Gasteiger partial charge in [0, 0.05) is 5.92 Å². The molecule has 16 heavy (non-hydrogen) atoms. The Morgan fingerprint density at radius 3 is 2.44 bits per heavy atom. The lowest BCUT2D eigenvalue weighted by atomic mass is 9.89. The minimum atomic E-state index is 0.0956. The summed E-state index contributed by atoms with van der Waals surface area (Å²) in [5.74, 6) is 0.286. The minimum Gasteiger partial charge on any atom is -0.317 e. The van der Waals surface area contributed by atoms with Crippen LogP contribution in [0.4, 0.5) is 0 Å². The summed E-state index contributed by atoms with van der Waals surface area (Å²) >= 11 is 0. The van der Waals surface area contributed by atoms with Gasteiger partial charge in [-0.15, -0.1) is 0 Å². The number of piperidine rings is 1. The minimum absolute atomic E-state index is 0.0956.